The lowest BCUT2D eigenvalue weighted by molar-refractivity contribution is -0.133. The van der Waals surface area contributed by atoms with Crippen molar-refractivity contribution in [2.24, 2.45) is 5.73 Å². The number of hydrogen-bond acceptors (Lipinski definition) is 2. The second-order valence-corrected chi connectivity index (χ2v) is 4.59. The molecule has 0 aliphatic carbocycles. The lowest BCUT2D eigenvalue weighted by atomic mass is 10.0. The zero-order chi connectivity index (χ0) is 13.0. The first-order chi connectivity index (χ1) is 7.97. The molecule has 0 bridgehead atoms. The normalized spacial score (nSPS) is 14.2. The van der Waals surface area contributed by atoms with E-state index in [2.05, 4.69) is 6.92 Å². The lowest BCUT2D eigenvalue weighted by Gasteiger charge is -2.27. The minimum absolute atomic E-state index is 0.0248. The number of hydrogen-bond donors (Lipinski definition) is 1. The van der Waals surface area contributed by atoms with E-state index in [9.17, 15) is 4.79 Å². The van der Waals surface area contributed by atoms with Crippen LogP contribution in [0.25, 0.3) is 0 Å². The van der Waals surface area contributed by atoms with Crippen molar-refractivity contribution in [1.82, 2.24) is 4.90 Å². The highest BCUT2D eigenvalue weighted by atomic mass is 16.2. The number of rotatable bonds is 4. The Morgan fingerprint density at radius 3 is 2.35 bits per heavy atom. The Bertz CT molecular complexity index is 372. The van der Waals surface area contributed by atoms with Crippen LogP contribution in [0.1, 0.15) is 37.4 Å². The number of carbonyl (C=O) groups excluding carboxylic acids is 1. The molecular formula is C14H22N2O. The first-order valence-corrected chi connectivity index (χ1v) is 6.06. The summed E-state index contributed by atoms with van der Waals surface area (Å²) < 4.78 is 0. The summed E-state index contributed by atoms with van der Waals surface area (Å²) in [6.07, 6.45) is 0.933. The molecule has 1 aromatic carbocycles. The first-order valence-electron chi connectivity index (χ1n) is 6.06. The average molecular weight is 234 g/mol. The van der Waals surface area contributed by atoms with Gasteiger partial charge in [-0.05, 0) is 25.8 Å². The maximum atomic E-state index is 12.1. The smallest absolute Gasteiger partial charge is 0.244 e. The Kier molecular flexibility index (Phi) is 4.70. The molecule has 1 amide bonds. The highest BCUT2D eigenvalue weighted by Gasteiger charge is 2.22. The van der Waals surface area contributed by atoms with Crippen LogP contribution in [0.4, 0.5) is 0 Å². The molecule has 17 heavy (non-hydrogen) atoms. The van der Waals surface area contributed by atoms with E-state index < -0.39 is 6.04 Å². The molecule has 0 saturated heterocycles. The van der Waals surface area contributed by atoms with Crippen LogP contribution in [-0.2, 0) is 4.79 Å². The van der Waals surface area contributed by atoms with Gasteiger partial charge in [0.05, 0.1) is 0 Å². The number of nitrogens with two attached hydrogens (primary N) is 1. The molecule has 0 saturated carbocycles. The molecular weight excluding hydrogens is 212 g/mol. The van der Waals surface area contributed by atoms with Crippen molar-refractivity contribution >= 4 is 5.91 Å². The Hall–Kier alpha value is -1.35. The van der Waals surface area contributed by atoms with Gasteiger partial charge in [0.2, 0.25) is 5.91 Å². The maximum absolute atomic E-state index is 12.1. The molecule has 2 N–H and O–H groups in total. The summed E-state index contributed by atoms with van der Waals surface area (Å²) in [4.78, 5) is 13.9. The van der Waals surface area contributed by atoms with Gasteiger partial charge >= 0.3 is 0 Å². The van der Waals surface area contributed by atoms with Gasteiger partial charge in [0.25, 0.3) is 0 Å². The lowest BCUT2D eigenvalue weighted by Crippen LogP contribution is -2.40. The number of nitrogens with zero attached hydrogens (tertiary/aromatic N) is 1. The minimum Gasteiger partial charge on any atom is -0.341 e. The molecule has 0 heterocycles. The number of benzene rings is 1. The van der Waals surface area contributed by atoms with Crippen molar-refractivity contribution in [3.63, 3.8) is 0 Å². The fourth-order valence-electron chi connectivity index (χ4n) is 1.63. The Labute approximate surface area is 104 Å². The van der Waals surface area contributed by atoms with Crippen molar-refractivity contribution < 1.29 is 4.79 Å². The van der Waals surface area contributed by atoms with Gasteiger partial charge in [0.15, 0.2) is 0 Å². The molecule has 1 aromatic rings. The number of amides is 1. The highest BCUT2D eigenvalue weighted by Crippen LogP contribution is 2.15. The van der Waals surface area contributed by atoms with Gasteiger partial charge in [-0.3, -0.25) is 4.79 Å². The predicted octanol–water partition coefficient (Wildman–Crippen LogP) is 2.25. The fraction of sp³-hybridized carbons (Fsp3) is 0.500. The van der Waals surface area contributed by atoms with Crippen LogP contribution in [0.5, 0.6) is 0 Å². The van der Waals surface area contributed by atoms with E-state index in [4.69, 9.17) is 5.73 Å². The average Bonchev–Trinajstić information content (AvgIpc) is 2.36. The van der Waals surface area contributed by atoms with E-state index in [0.717, 1.165) is 12.0 Å². The zero-order valence-corrected chi connectivity index (χ0v) is 11.1. The Morgan fingerprint density at radius 2 is 1.88 bits per heavy atom. The molecule has 94 valence electrons. The molecule has 0 aliphatic heterocycles. The second-order valence-electron chi connectivity index (χ2n) is 4.59. The van der Waals surface area contributed by atoms with E-state index in [1.807, 2.05) is 45.2 Å². The van der Waals surface area contributed by atoms with Gasteiger partial charge < -0.3 is 10.6 Å². The molecule has 3 nitrogen and oxygen atoms in total. The maximum Gasteiger partial charge on any atom is 0.244 e. The monoisotopic (exact) mass is 234 g/mol. The zero-order valence-electron chi connectivity index (χ0n) is 11.1. The van der Waals surface area contributed by atoms with Crippen LogP contribution >= 0.6 is 0 Å². The summed E-state index contributed by atoms with van der Waals surface area (Å²) in [5.74, 6) is -0.0248. The summed E-state index contributed by atoms with van der Waals surface area (Å²) in [7, 11) is 1.81. The van der Waals surface area contributed by atoms with Crippen molar-refractivity contribution in [2.45, 2.75) is 39.3 Å². The summed E-state index contributed by atoms with van der Waals surface area (Å²) in [6.45, 7) is 6.11. The van der Waals surface area contributed by atoms with E-state index in [1.54, 1.807) is 4.90 Å². The number of carbonyl (C=O) groups is 1. The van der Waals surface area contributed by atoms with Gasteiger partial charge in [-0.25, -0.2) is 0 Å². The molecule has 0 aromatic heterocycles. The summed E-state index contributed by atoms with van der Waals surface area (Å²) in [5, 5.41) is 0. The molecule has 0 fully saturated rings. The fourth-order valence-corrected chi connectivity index (χ4v) is 1.63. The predicted molar refractivity (Wildman–Crippen MR) is 70.6 cm³/mol. The largest absolute Gasteiger partial charge is 0.341 e. The second kappa shape index (κ2) is 5.82. The van der Waals surface area contributed by atoms with Crippen molar-refractivity contribution in [3.8, 4) is 0 Å². The number of likely N-dealkylation sites (N-methyl/N-ethyl adjacent to an activating group) is 1. The van der Waals surface area contributed by atoms with Crippen LogP contribution in [-0.4, -0.2) is 23.9 Å². The molecule has 2 unspecified atom stereocenters. The Balaban J connectivity index is 2.79. The standard InChI is InChI=1S/C14H22N2O/c1-5-11(3)16(4)14(17)13(15)12-8-6-10(2)7-9-12/h6-9,11,13H,5,15H2,1-4H3. The topological polar surface area (TPSA) is 46.3 Å². The molecule has 0 radical (unpaired) electrons. The van der Waals surface area contributed by atoms with Crippen molar-refractivity contribution in [3.05, 3.63) is 35.4 Å². The third kappa shape index (κ3) is 3.30. The molecule has 0 spiro atoms. The Morgan fingerprint density at radius 1 is 1.35 bits per heavy atom. The van der Waals surface area contributed by atoms with Crippen LogP contribution in [0.15, 0.2) is 24.3 Å². The van der Waals surface area contributed by atoms with E-state index >= 15 is 0 Å². The minimum atomic E-state index is -0.561. The summed E-state index contributed by atoms with van der Waals surface area (Å²) >= 11 is 0. The van der Waals surface area contributed by atoms with Gasteiger partial charge in [-0.1, -0.05) is 36.8 Å². The van der Waals surface area contributed by atoms with E-state index in [0.29, 0.717) is 0 Å². The van der Waals surface area contributed by atoms with Gasteiger partial charge in [0, 0.05) is 13.1 Å². The number of aryl methyl sites for hydroxylation is 1. The molecule has 1 rings (SSSR count). The van der Waals surface area contributed by atoms with Crippen molar-refractivity contribution in [2.75, 3.05) is 7.05 Å². The quantitative estimate of drug-likeness (QED) is 0.868. The van der Waals surface area contributed by atoms with Gasteiger partial charge in [-0.15, -0.1) is 0 Å². The SMILES string of the molecule is CCC(C)N(C)C(=O)C(N)c1ccc(C)cc1. The molecule has 3 heteroatoms. The third-order valence-electron chi connectivity index (χ3n) is 3.30. The van der Waals surface area contributed by atoms with Crippen LogP contribution in [0, 0.1) is 6.92 Å². The van der Waals surface area contributed by atoms with Crippen LogP contribution < -0.4 is 5.73 Å². The van der Waals surface area contributed by atoms with Crippen LogP contribution in [0.3, 0.4) is 0 Å². The van der Waals surface area contributed by atoms with E-state index in [-0.39, 0.29) is 11.9 Å². The molecule has 2 atom stereocenters. The summed E-state index contributed by atoms with van der Waals surface area (Å²) in [6, 6.07) is 7.45. The van der Waals surface area contributed by atoms with Gasteiger partial charge in [0.1, 0.15) is 6.04 Å². The van der Waals surface area contributed by atoms with E-state index in [1.165, 1.54) is 5.56 Å². The van der Waals surface area contributed by atoms with Gasteiger partial charge in [-0.2, -0.15) is 0 Å². The van der Waals surface area contributed by atoms with Crippen LogP contribution in [0.2, 0.25) is 0 Å². The third-order valence-corrected chi connectivity index (χ3v) is 3.30. The molecule has 0 aliphatic rings. The first kappa shape index (κ1) is 13.7. The highest BCUT2D eigenvalue weighted by molar-refractivity contribution is 5.83. The summed E-state index contributed by atoms with van der Waals surface area (Å²) in [5.41, 5.74) is 8.03. The van der Waals surface area contributed by atoms with Crippen molar-refractivity contribution in [1.29, 1.82) is 0 Å².